The Kier molecular flexibility index (Phi) is 6.73. The van der Waals surface area contributed by atoms with Crippen molar-refractivity contribution >= 4 is 17.5 Å². The molecule has 0 spiro atoms. The average molecular weight is 404 g/mol. The molecule has 6 nitrogen and oxygen atoms in total. The number of nitrogens with zero attached hydrogens (tertiary/aromatic N) is 4. The summed E-state index contributed by atoms with van der Waals surface area (Å²) in [6.07, 6.45) is 2.45. The lowest BCUT2D eigenvalue weighted by Crippen LogP contribution is -2.49. The minimum absolute atomic E-state index is 0.188. The maximum atomic E-state index is 12.8. The number of halogens is 1. The smallest absolute Gasteiger partial charge is 0.273 e. The summed E-state index contributed by atoms with van der Waals surface area (Å²) in [5.74, 6) is 1.07. The van der Waals surface area contributed by atoms with Gasteiger partial charge in [-0.1, -0.05) is 49.7 Å². The fourth-order valence-corrected chi connectivity index (χ4v) is 4.03. The van der Waals surface area contributed by atoms with Gasteiger partial charge in [-0.25, -0.2) is 4.68 Å². The second kappa shape index (κ2) is 9.05. The first-order valence-corrected chi connectivity index (χ1v) is 10.5. The molecular formula is C21H30ClN5O. The van der Waals surface area contributed by atoms with E-state index in [-0.39, 0.29) is 5.91 Å². The molecule has 0 aliphatic carbocycles. The summed E-state index contributed by atoms with van der Waals surface area (Å²) < 4.78 is 1.61. The summed E-state index contributed by atoms with van der Waals surface area (Å²) in [5.41, 5.74) is 1.74. The number of rotatable bonds is 6. The van der Waals surface area contributed by atoms with Crippen LogP contribution >= 0.6 is 11.6 Å². The number of benzene rings is 1. The molecule has 1 aliphatic heterocycles. The van der Waals surface area contributed by atoms with Crippen LogP contribution in [0, 0.1) is 18.8 Å². The fraction of sp³-hybridized carbons (Fsp3) is 0.571. The molecule has 0 bridgehead atoms. The van der Waals surface area contributed by atoms with Crippen molar-refractivity contribution < 1.29 is 4.79 Å². The molecule has 1 N–H and O–H groups in total. The van der Waals surface area contributed by atoms with Gasteiger partial charge < -0.3 is 5.32 Å². The van der Waals surface area contributed by atoms with Gasteiger partial charge in [-0.2, -0.15) is 0 Å². The zero-order chi connectivity index (χ0) is 20.3. The fourth-order valence-electron chi connectivity index (χ4n) is 3.82. The van der Waals surface area contributed by atoms with Crippen LogP contribution < -0.4 is 5.32 Å². The molecule has 1 unspecified atom stereocenters. The Labute approximate surface area is 172 Å². The number of amides is 1. The number of hydrogen-bond acceptors (Lipinski definition) is 4. The number of likely N-dealkylation sites (tertiary alicyclic amines) is 1. The van der Waals surface area contributed by atoms with E-state index >= 15 is 0 Å². The Balaban J connectivity index is 1.68. The quantitative estimate of drug-likeness (QED) is 0.798. The van der Waals surface area contributed by atoms with Gasteiger partial charge in [-0.3, -0.25) is 9.69 Å². The van der Waals surface area contributed by atoms with Gasteiger partial charge >= 0.3 is 0 Å². The summed E-state index contributed by atoms with van der Waals surface area (Å²) in [6.45, 7) is 11.4. The Bertz CT molecular complexity index is 811. The van der Waals surface area contributed by atoms with Gasteiger partial charge in [0.1, 0.15) is 0 Å². The van der Waals surface area contributed by atoms with Gasteiger partial charge in [-0.15, -0.1) is 5.10 Å². The van der Waals surface area contributed by atoms with Crippen LogP contribution in [-0.4, -0.2) is 51.5 Å². The molecule has 1 fully saturated rings. The molecule has 1 aromatic carbocycles. The molecule has 1 amide bonds. The largest absolute Gasteiger partial charge is 0.349 e. The minimum atomic E-state index is -0.188. The summed E-state index contributed by atoms with van der Waals surface area (Å²) in [4.78, 5) is 15.3. The third-order valence-corrected chi connectivity index (χ3v) is 6.04. The predicted molar refractivity (Wildman–Crippen MR) is 112 cm³/mol. The monoisotopic (exact) mass is 403 g/mol. The summed E-state index contributed by atoms with van der Waals surface area (Å²) in [6, 6.07) is 7.73. The van der Waals surface area contributed by atoms with Gasteiger partial charge in [0.25, 0.3) is 5.91 Å². The summed E-state index contributed by atoms with van der Waals surface area (Å²) >= 11 is 6.26. The van der Waals surface area contributed by atoms with Crippen molar-refractivity contribution in [1.82, 2.24) is 25.2 Å². The molecule has 3 rings (SSSR count). The Morgan fingerprint density at radius 2 is 1.96 bits per heavy atom. The summed E-state index contributed by atoms with van der Waals surface area (Å²) in [7, 11) is 0. The van der Waals surface area contributed by atoms with Crippen LogP contribution in [0.1, 0.15) is 49.8 Å². The molecule has 1 aliphatic rings. The van der Waals surface area contributed by atoms with Crippen molar-refractivity contribution in [2.75, 3.05) is 19.6 Å². The third kappa shape index (κ3) is 4.55. The minimum Gasteiger partial charge on any atom is -0.349 e. The second-order valence-corrected chi connectivity index (χ2v) is 8.53. The average Bonchev–Trinajstić information content (AvgIpc) is 3.04. The standard InChI is InChI=1S/C21H30ClN5O/c1-14(2)19(26-11-9-15(3)10-12-26)13-23-21(28)20-16(4)27(25-24-20)18-8-6-5-7-17(18)22/h5-8,14-15,19H,9-13H2,1-4H3,(H,23,28). The number of carbonyl (C=O) groups excluding carboxylic acids is 1. The van der Waals surface area contributed by atoms with Gasteiger partial charge in [-0.05, 0) is 56.8 Å². The molecule has 1 aromatic heterocycles. The highest BCUT2D eigenvalue weighted by atomic mass is 35.5. The number of nitrogens with one attached hydrogen (secondary N) is 1. The van der Waals surface area contributed by atoms with Crippen LogP contribution in [0.15, 0.2) is 24.3 Å². The number of carbonyl (C=O) groups is 1. The lowest BCUT2D eigenvalue weighted by atomic mass is 9.94. The third-order valence-electron chi connectivity index (χ3n) is 5.72. The van der Waals surface area contributed by atoms with Crippen molar-refractivity contribution in [1.29, 1.82) is 0 Å². The van der Waals surface area contributed by atoms with Gasteiger partial charge in [0.2, 0.25) is 0 Å². The first-order valence-electron chi connectivity index (χ1n) is 10.1. The molecule has 1 atom stereocenters. The van der Waals surface area contributed by atoms with E-state index in [1.165, 1.54) is 12.8 Å². The van der Waals surface area contributed by atoms with E-state index in [0.717, 1.165) is 24.7 Å². The second-order valence-electron chi connectivity index (χ2n) is 8.13. The summed E-state index contributed by atoms with van der Waals surface area (Å²) in [5, 5.41) is 11.9. The molecule has 1 saturated heterocycles. The maximum absolute atomic E-state index is 12.8. The molecular weight excluding hydrogens is 374 g/mol. The molecule has 0 radical (unpaired) electrons. The maximum Gasteiger partial charge on any atom is 0.273 e. The Morgan fingerprint density at radius 3 is 2.61 bits per heavy atom. The van der Waals surface area contributed by atoms with Crippen LogP contribution in [0.3, 0.4) is 0 Å². The number of aromatic nitrogens is 3. The topological polar surface area (TPSA) is 63.1 Å². The van der Waals surface area contributed by atoms with Crippen molar-refractivity contribution in [2.24, 2.45) is 11.8 Å². The van der Waals surface area contributed by atoms with E-state index in [4.69, 9.17) is 11.6 Å². The first kappa shape index (κ1) is 20.8. The van der Waals surface area contributed by atoms with Crippen LogP contribution in [0.2, 0.25) is 5.02 Å². The van der Waals surface area contributed by atoms with Crippen molar-refractivity contribution in [3.8, 4) is 5.69 Å². The van der Waals surface area contributed by atoms with E-state index < -0.39 is 0 Å². The van der Waals surface area contributed by atoms with Crippen molar-refractivity contribution in [3.63, 3.8) is 0 Å². The Morgan fingerprint density at radius 1 is 1.29 bits per heavy atom. The van der Waals surface area contributed by atoms with E-state index in [0.29, 0.717) is 34.9 Å². The predicted octanol–water partition coefficient (Wildman–Crippen LogP) is 3.72. The van der Waals surface area contributed by atoms with Gasteiger partial charge in [0.15, 0.2) is 5.69 Å². The number of hydrogen-bond donors (Lipinski definition) is 1. The molecule has 0 saturated carbocycles. The molecule has 28 heavy (non-hydrogen) atoms. The SMILES string of the molecule is Cc1c(C(=O)NCC(C(C)C)N2CCC(C)CC2)nnn1-c1ccccc1Cl. The number of para-hydroxylation sites is 1. The molecule has 2 aromatic rings. The van der Waals surface area contributed by atoms with E-state index in [9.17, 15) is 4.79 Å². The Hall–Kier alpha value is -1.92. The van der Waals surface area contributed by atoms with E-state index in [1.54, 1.807) is 10.7 Å². The van der Waals surface area contributed by atoms with Gasteiger partial charge in [0, 0.05) is 12.6 Å². The molecule has 2 heterocycles. The normalized spacial score (nSPS) is 17.1. The lowest BCUT2D eigenvalue weighted by molar-refractivity contribution is 0.0858. The highest BCUT2D eigenvalue weighted by molar-refractivity contribution is 6.32. The number of piperidine rings is 1. The van der Waals surface area contributed by atoms with Crippen molar-refractivity contribution in [3.05, 3.63) is 40.7 Å². The van der Waals surface area contributed by atoms with Crippen molar-refractivity contribution in [2.45, 2.75) is 46.6 Å². The zero-order valence-electron chi connectivity index (χ0n) is 17.2. The van der Waals surface area contributed by atoms with Crippen LogP contribution in [-0.2, 0) is 0 Å². The van der Waals surface area contributed by atoms with Crippen LogP contribution in [0.4, 0.5) is 0 Å². The highest BCUT2D eigenvalue weighted by Gasteiger charge is 2.27. The van der Waals surface area contributed by atoms with Gasteiger partial charge in [0.05, 0.1) is 16.4 Å². The van der Waals surface area contributed by atoms with E-state index in [2.05, 4.69) is 41.3 Å². The molecule has 152 valence electrons. The molecule has 7 heteroatoms. The first-order chi connectivity index (χ1) is 13.4. The van der Waals surface area contributed by atoms with Crippen LogP contribution in [0.25, 0.3) is 5.69 Å². The highest BCUT2D eigenvalue weighted by Crippen LogP contribution is 2.22. The zero-order valence-corrected chi connectivity index (χ0v) is 17.9. The van der Waals surface area contributed by atoms with E-state index in [1.807, 2.05) is 25.1 Å². The lowest BCUT2D eigenvalue weighted by Gasteiger charge is -2.38. The van der Waals surface area contributed by atoms with Crippen LogP contribution in [0.5, 0.6) is 0 Å².